The number of aromatic amines is 1. The molecule has 0 unspecified atom stereocenters. The van der Waals surface area contributed by atoms with Crippen LogP contribution in [0, 0.1) is 5.82 Å². The van der Waals surface area contributed by atoms with Crippen LogP contribution in [-0.2, 0) is 0 Å². The molecule has 0 atom stereocenters. The van der Waals surface area contributed by atoms with Crippen LogP contribution < -0.4 is 16.2 Å². The van der Waals surface area contributed by atoms with E-state index in [1.807, 2.05) is 0 Å². The van der Waals surface area contributed by atoms with E-state index >= 15 is 0 Å². The van der Waals surface area contributed by atoms with E-state index in [1.165, 1.54) is 25.3 Å². The van der Waals surface area contributed by atoms with Crippen molar-refractivity contribution < 1.29 is 13.9 Å². The number of nitrogens with one attached hydrogen (secondary N) is 1. The van der Waals surface area contributed by atoms with Crippen molar-refractivity contribution in [1.29, 1.82) is 0 Å². The Bertz CT molecular complexity index is 1260. The van der Waals surface area contributed by atoms with Gasteiger partial charge in [-0.25, -0.2) is 23.7 Å². The molecule has 4 rings (SSSR count). The number of imidazole rings is 1. The van der Waals surface area contributed by atoms with Crippen molar-refractivity contribution >= 4 is 17.1 Å². The van der Waals surface area contributed by atoms with Crippen LogP contribution in [0.4, 0.5) is 4.39 Å². The number of nitrogens with two attached hydrogens (primary N) is 1. The summed E-state index contributed by atoms with van der Waals surface area (Å²) in [6.07, 6.45) is 0. The number of aromatic nitrogens is 4. The van der Waals surface area contributed by atoms with Crippen LogP contribution in [0.5, 0.6) is 5.75 Å². The Balaban J connectivity index is 2.04. The molecule has 0 fully saturated rings. The smallest absolute Gasteiger partial charge is 0.332 e. The Kier molecular flexibility index (Phi) is 4.11. The fourth-order valence-corrected chi connectivity index (χ4v) is 2.89. The minimum Gasteiger partial charge on any atom is -0.497 e. The molecule has 0 bridgehead atoms. The third-order valence-corrected chi connectivity index (χ3v) is 4.21. The highest BCUT2D eigenvalue weighted by Crippen LogP contribution is 2.24. The molecule has 2 heterocycles. The van der Waals surface area contributed by atoms with Crippen molar-refractivity contribution in [3.63, 3.8) is 0 Å². The lowest BCUT2D eigenvalue weighted by atomic mass is 10.2. The summed E-state index contributed by atoms with van der Waals surface area (Å²) in [5.41, 5.74) is 5.27. The monoisotopic (exact) mass is 379 g/mol. The first-order valence-corrected chi connectivity index (χ1v) is 8.21. The summed E-state index contributed by atoms with van der Waals surface area (Å²) in [6, 6.07) is 12.5. The summed E-state index contributed by atoms with van der Waals surface area (Å²) in [7, 11) is 1.54. The van der Waals surface area contributed by atoms with Gasteiger partial charge in [0.05, 0.1) is 12.8 Å². The zero-order chi connectivity index (χ0) is 19.8. The Hall–Kier alpha value is -4.01. The van der Waals surface area contributed by atoms with E-state index < -0.39 is 17.4 Å². The molecular formula is C19H14FN5O3. The number of primary amides is 1. The molecule has 28 heavy (non-hydrogen) atoms. The summed E-state index contributed by atoms with van der Waals surface area (Å²) >= 11 is 0. The van der Waals surface area contributed by atoms with Crippen LogP contribution in [0.2, 0.25) is 0 Å². The van der Waals surface area contributed by atoms with E-state index in [2.05, 4.69) is 15.0 Å². The molecule has 8 nitrogen and oxygen atoms in total. The third-order valence-electron chi connectivity index (χ3n) is 4.21. The number of rotatable bonds is 4. The Morgan fingerprint density at radius 3 is 2.50 bits per heavy atom. The normalized spacial score (nSPS) is 10.9. The number of carbonyl (C=O) groups excluding carboxylic acids is 1. The van der Waals surface area contributed by atoms with Gasteiger partial charge in [0.15, 0.2) is 17.2 Å². The predicted octanol–water partition coefficient (Wildman–Crippen LogP) is 2.02. The highest BCUT2D eigenvalue weighted by molar-refractivity contribution is 6.02. The molecule has 0 aliphatic carbocycles. The van der Waals surface area contributed by atoms with Gasteiger partial charge in [-0.3, -0.25) is 4.79 Å². The first-order chi connectivity index (χ1) is 13.5. The zero-order valence-corrected chi connectivity index (χ0v) is 14.6. The van der Waals surface area contributed by atoms with Gasteiger partial charge < -0.3 is 15.5 Å². The Morgan fingerprint density at radius 2 is 1.86 bits per heavy atom. The molecule has 0 radical (unpaired) electrons. The van der Waals surface area contributed by atoms with Gasteiger partial charge in [0.1, 0.15) is 17.1 Å². The van der Waals surface area contributed by atoms with Crippen molar-refractivity contribution in [2.24, 2.45) is 5.73 Å². The standard InChI is InChI=1S/C19H14FN5O3/c1-28-11-8-6-10(7-9-11)17-22-14(16(21)26)15-18(24-17)25(19(27)23-15)13-5-3-2-4-12(13)20/h2-9H,1H3,(H2,21,26)(H,23,27). The summed E-state index contributed by atoms with van der Waals surface area (Å²) in [5, 5.41) is 0. The molecule has 0 saturated carbocycles. The van der Waals surface area contributed by atoms with Crippen LogP contribution in [0.25, 0.3) is 28.2 Å². The maximum absolute atomic E-state index is 14.3. The van der Waals surface area contributed by atoms with E-state index in [1.54, 1.807) is 30.3 Å². The van der Waals surface area contributed by atoms with Crippen LogP contribution in [0.1, 0.15) is 10.5 Å². The summed E-state index contributed by atoms with van der Waals surface area (Å²) < 4.78 is 20.5. The van der Waals surface area contributed by atoms with Gasteiger partial charge in [-0.1, -0.05) is 12.1 Å². The first-order valence-electron chi connectivity index (χ1n) is 8.21. The molecule has 0 saturated heterocycles. The van der Waals surface area contributed by atoms with Gasteiger partial charge in [0, 0.05) is 5.56 Å². The molecule has 2 aromatic heterocycles. The quantitative estimate of drug-likeness (QED) is 0.563. The molecule has 4 aromatic rings. The van der Waals surface area contributed by atoms with Crippen LogP contribution in [-0.4, -0.2) is 32.5 Å². The highest BCUT2D eigenvalue weighted by Gasteiger charge is 2.21. The largest absolute Gasteiger partial charge is 0.497 e. The second kappa shape index (κ2) is 6.62. The number of halogens is 1. The zero-order valence-electron chi connectivity index (χ0n) is 14.6. The van der Waals surface area contributed by atoms with E-state index in [0.717, 1.165) is 4.57 Å². The van der Waals surface area contributed by atoms with Gasteiger partial charge in [0.25, 0.3) is 5.91 Å². The number of benzene rings is 2. The van der Waals surface area contributed by atoms with Crippen molar-refractivity contribution in [2.45, 2.75) is 0 Å². The lowest BCUT2D eigenvalue weighted by molar-refractivity contribution is 0.0997. The number of methoxy groups -OCH3 is 1. The number of hydrogen-bond acceptors (Lipinski definition) is 5. The van der Waals surface area contributed by atoms with Gasteiger partial charge in [0.2, 0.25) is 0 Å². The van der Waals surface area contributed by atoms with Gasteiger partial charge in [-0.2, -0.15) is 0 Å². The lowest BCUT2D eigenvalue weighted by Gasteiger charge is -2.07. The SMILES string of the molecule is COc1ccc(-c2nc(C(N)=O)c3[nH]c(=O)n(-c4ccccc4F)c3n2)cc1. The topological polar surface area (TPSA) is 116 Å². The number of carbonyl (C=O) groups is 1. The molecule has 9 heteroatoms. The number of ether oxygens (including phenoxy) is 1. The molecule has 2 aromatic carbocycles. The Morgan fingerprint density at radius 1 is 1.14 bits per heavy atom. The van der Waals surface area contributed by atoms with Crippen LogP contribution in [0.15, 0.2) is 53.3 Å². The first kappa shape index (κ1) is 17.4. The molecule has 0 spiro atoms. The number of H-pyrrole nitrogens is 1. The number of para-hydroxylation sites is 1. The van der Waals surface area contributed by atoms with Gasteiger partial charge >= 0.3 is 5.69 Å². The van der Waals surface area contributed by atoms with E-state index in [0.29, 0.717) is 11.3 Å². The van der Waals surface area contributed by atoms with Crippen molar-refractivity contribution in [3.05, 3.63) is 70.5 Å². The second-order valence-corrected chi connectivity index (χ2v) is 5.90. The fourth-order valence-electron chi connectivity index (χ4n) is 2.89. The second-order valence-electron chi connectivity index (χ2n) is 5.90. The minimum atomic E-state index is -0.843. The van der Waals surface area contributed by atoms with E-state index in [-0.39, 0.29) is 28.4 Å². The Labute approximate surface area is 157 Å². The maximum atomic E-state index is 14.3. The number of amides is 1. The molecule has 0 aliphatic heterocycles. The summed E-state index contributed by atoms with van der Waals surface area (Å²) in [6.45, 7) is 0. The van der Waals surface area contributed by atoms with Crippen molar-refractivity contribution in [3.8, 4) is 22.8 Å². The van der Waals surface area contributed by atoms with E-state index in [4.69, 9.17) is 10.5 Å². The van der Waals surface area contributed by atoms with Crippen molar-refractivity contribution in [2.75, 3.05) is 7.11 Å². The minimum absolute atomic E-state index is 0.00597. The average Bonchev–Trinajstić information content (AvgIpc) is 3.03. The fraction of sp³-hybridized carbons (Fsp3) is 0.0526. The molecule has 140 valence electrons. The number of hydrogen-bond donors (Lipinski definition) is 2. The molecule has 1 amide bonds. The predicted molar refractivity (Wildman–Crippen MR) is 99.9 cm³/mol. The van der Waals surface area contributed by atoms with Crippen molar-refractivity contribution in [1.82, 2.24) is 19.5 Å². The number of nitrogens with zero attached hydrogens (tertiary/aromatic N) is 3. The molecule has 0 aliphatic rings. The maximum Gasteiger partial charge on any atom is 0.332 e. The van der Waals surface area contributed by atoms with Crippen LogP contribution >= 0.6 is 0 Å². The highest BCUT2D eigenvalue weighted by atomic mass is 19.1. The summed E-state index contributed by atoms with van der Waals surface area (Å²) in [5.74, 6) is -0.669. The average molecular weight is 379 g/mol. The van der Waals surface area contributed by atoms with Crippen LogP contribution in [0.3, 0.4) is 0 Å². The van der Waals surface area contributed by atoms with E-state index in [9.17, 15) is 14.0 Å². The number of fused-ring (bicyclic) bond motifs is 1. The third kappa shape index (κ3) is 2.78. The lowest BCUT2D eigenvalue weighted by Crippen LogP contribution is -2.16. The molecular weight excluding hydrogens is 365 g/mol. The molecule has 3 N–H and O–H groups in total. The summed E-state index contributed by atoms with van der Waals surface area (Å²) in [4.78, 5) is 35.5. The van der Waals surface area contributed by atoms with Gasteiger partial charge in [-0.05, 0) is 36.4 Å². The van der Waals surface area contributed by atoms with Gasteiger partial charge in [-0.15, -0.1) is 0 Å².